The Morgan fingerprint density at radius 2 is 1.58 bits per heavy atom. The van der Waals surface area contributed by atoms with Crippen LogP contribution < -0.4 is 0 Å². The first-order valence-electron chi connectivity index (χ1n) is 6.34. The molecule has 0 fully saturated rings. The summed E-state index contributed by atoms with van der Waals surface area (Å²) in [6, 6.07) is 20.7. The first kappa shape index (κ1) is 10.3. The molecule has 4 aromatic rings. The number of benzene rings is 2. The van der Waals surface area contributed by atoms with Crippen molar-refractivity contribution < 1.29 is 0 Å². The molecule has 0 saturated carbocycles. The van der Waals surface area contributed by atoms with Crippen molar-refractivity contribution in [2.24, 2.45) is 0 Å². The number of imidazole rings is 1. The van der Waals surface area contributed by atoms with Gasteiger partial charge in [-0.25, -0.2) is 4.98 Å². The van der Waals surface area contributed by atoms with Crippen LogP contribution in [0.1, 0.15) is 0 Å². The lowest BCUT2D eigenvalue weighted by Crippen LogP contribution is -1.83. The lowest BCUT2D eigenvalue weighted by atomic mass is 10.2. The summed E-state index contributed by atoms with van der Waals surface area (Å²) in [6.45, 7) is 0. The lowest BCUT2D eigenvalue weighted by Gasteiger charge is -1.98. The van der Waals surface area contributed by atoms with Gasteiger partial charge in [0.1, 0.15) is 5.65 Å². The Kier molecular flexibility index (Phi) is 2.15. The maximum atomic E-state index is 4.77. The highest BCUT2D eigenvalue weighted by Gasteiger charge is 2.06. The Balaban J connectivity index is 2.04. The highest BCUT2D eigenvalue weighted by Crippen LogP contribution is 2.23. The zero-order chi connectivity index (χ0) is 12.7. The van der Waals surface area contributed by atoms with E-state index in [0.29, 0.717) is 0 Å². The third-order valence-corrected chi connectivity index (χ3v) is 3.42. The summed E-state index contributed by atoms with van der Waals surface area (Å²) in [4.78, 5) is 4.77. The minimum absolute atomic E-state index is 1.01. The quantitative estimate of drug-likeness (QED) is 0.491. The van der Waals surface area contributed by atoms with E-state index in [1.165, 1.54) is 10.8 Å². The zero-order valence-corrected chi connectivity index (χ0v) is 10.3. The molecule has 0 N–H and O–H groups in total. The minimum atomic E-state index is 1.01. The number of fused-ring (bicyclic) bond motifs is 3. The average molecular weight is 244 g/mol. The molecule has 0 atom stereocenters. The van der Waals surface area contributed by atoms with Crippen LogP contribution in [-0.2, 0) is 0 Å². The molecule has 4 rings (SSSR count). The molecule has 19 heavy (non-hydrogen) atoms. The van der Waals surface area contributed by atoms with Gasteiger partial charge in [-0.1, -0.05) is 54.6 Å². The molecule has 2 aromatic carbocycles. The molecule has 0 aliphatic rings. The maximum absolute atomic E-state index is 4.77. The normalized spacial score (nSPS) is 11.2. The predicted molar refractivity (Wildman–Crippen MR) is 78.1 cm³/mol. The molecule has 0 spiro atoms. The minimum Gasteiger partial charge on any atom is -0.306 e. The molecule has 0 bridgehead atoms. The van der Waals surface area contributed by atoms with Gasteiger partial charge in [0.25, 0.3) is 0 Å². The van der Waals surface area contributed by atoms with Gasteiger partial charge in [0, 0.05) is 23.3 Å². The van der Waals surface area contributed by atoms with Crippen LogP contribution in [0.5, 0.6) is 0 Å². The topological polar surface area (TPSA) is 17.3 Å². The first-order valence-corrected chi connectivity index (χ1v) is 6.34. The standard InChI is InChI=1S/C17H12N2/c1-2-7-14(8-3-1)16-12-19-11-10-13-6-4-5-9-15(13)17(19)18-16/h1-12H. The van der Waals surface area contributed by atoms with E-state index in [0.717, 1.165) is 16.9 Å². The number of hydrogen-bond donors (Lipinski definition) is 0. The number of hydrogen-bond acceptors (Lipinski definition) is 1. The van der Waals surface area contributed by atoms with E-state index in [4.69, 9.17) is 4.98 Å². The molecule has 90 valence electrons. The number of aromatic nitrogens is 2. The van der Waals surface area contributed by atoms with Crippen LogP contribution in [0.3, 0.4) is 0 Å². The van der Waals surface area contributed by atoms with E-state index >= 15 is 0 Å². The second kappa shape index (κ2) is 3.95. The maximum Gasteiger partial charge on any atom is 0.145 e. The first-order chi connectivity index (χ1) is 9.42. The molecular formula is C17H12N2. The number of nitrogens with zero attached hydrogens (tertiary/aromatic N) is 2. The molecule has 0 unspecified atom stereocenters. The van der Waals surface area contributed by atoms with Gasteiger partial charge in [0.05, 0.1) is 5.69 Å². The molecule has 0 aliphatic heterocycles. The molecule has 0 saturated heterocycles. The highest BCUT2D eigenvalue weighted by atomic mass is 15.0. The van der Waals surface area contributed by atoms with Gasteiger partial charge in [-0.2, -0.15) is 0 Å². The third kappa shape index (κ3) is 1.61. The van der Waals surface area contributed by atoms with Gasteiger partial charge in [-0.3, -0.25) is 0 Å². The summed E-state index contributed by atoms with van der Waals surface area (Å²) in [6.07, 6.45) is 4.15. The van der Waals surface area contributed by atoms with Gasteiger partial charge in [0.15, 0.2) is 0 Å². The van der Waals surface area contributed by atoms with Crippen molar-refractivity contribution in [3.63, 3.8) is 0 Å². The monoisotopic (exact) mass is 244 g/mol. The summed E-state index contributed by atoms with van der Waals surface area (Å²) in [5, 5.41) is 2.41. The van der Waals surface area contributed by atoms with Crippen molar-refractivity contribution in [2.45, 2.75) is 0 Å². The van der Waals surface area contributed by atoms with Crippen molar-refractivity contribution in [1.29, 1.82) is 0 Å². The molecule has 2 aromatic heterocycles. The van der Waals surface area contributed by atoms with Gasteiger partial charge in [-0.15, -0.1) is 0 Å². The molecule has 0 amide bonds. The Labute approximate surface area is 111 Å². The van der Waals surface area contributed by atoms with Gasteiger partial charge < -0.3 is 4.40 Å². The van der Waals surface area contributed by atoms with Crippen molar-refractivity contribution in [2.75, 3.05) is 0 Å². The third-order valence-electron chi connectivity index (χ3n) is 3.42. The van der Waals surface area contributed by atoms with Gasteiger partial charge in [0.2, 0.25) is 0 Å². The van der Waals surface area contributed by atoms with Crippen LogP contribution in [0, 0.1) is 0 Å². The summed E-state index contributed by atoms with van der Waals surface area (Å²) < 4.78 is 2.09. The summed E-state index contributed by atoms with van der Waals surface area (Å²) in [7, 11) is 0. The fourth-order valence-corrected chi connectivity index (χ4v) is 2.46. The second-order valence-electron chi connectivity index (χ2n) is 4.63. The van der Waals surface area contributed by atoms with Crippen LogP contribution in [0.25, 0.3) is 27.7 Å². The Hall–Kier alpha value is -2.61. The van der Waals surface area contributed by atoms with E-state index in [-0.39, 0.29) is 0 Å². The second-order valence-corrected chi connectivity index (χ2v) is 4.63. The Morgan fingerprint density at radius 3 is 2.47 bits per heavy atom. The van der Waals surface area contributed by atoms with E-state index in [9.17, 15) is 0 Å². The van der Waals surface area contributed by atoms with Gasteiger partial charge >= 0.3 is 0 Å². The summed E-state index contributed by atoms with van der Waals surface area (Å²) >= 11 is 0. The number of rotatable bonds is 1. The van der Waals surface area contributed by atoms with Crippen molar-refractivity contribution in [3.8, 4) is 11.3 Å². The molecule has 0 aliphatic carbocycles. The van der Waals surface area contributed by atoms with E-state index in [2.05, 4.69) is 59.3 Å². The summed E-state index contributed by atoms with van der Waals surface area (Å²) in [5.41, 5.74) is 3.17. The molecule has 0 radical (unpaired) electrons. The fourth-order valence-electron chi connectivity index (χ4n) is 2.46. The van der Waals surface area contributed by atoms with Crippen LogP contribution >= 0.6 is 0 Å². The highest BCUT2D eigenvalue weighted by molar-refractivity contribution is 5.94. The van der Waals surface area contributed by atoms with Crippen LogP contribution in [0.2, 0.25) is 0 Å². The SMILES string of the molecule is c1ccc(-c2cn3ccc4ccccc4c3n2)cc1. The fraction of sp³-hybridized carbons (Fsp3) is 0. The van der Waals surface area contributed by atoms with Crippen molar-refractivity contribution >= 4 is 16.4 Å². The molecule has 2 nitrogen and oxygen atoms in total. The largest absolute Gasteiger partial charge is 0.306 e. The van der Waals surface area contributed by atoms with Gasteiger partial charge in [-0.05, 0) is 11.5 Å². The van der Waals surface area contributed by atoms with Crippen LogP contribution in [-0.4, -0.2) is 9.38 Å². The smallest absolute Gasteiger partial charge is 0.145 e. The number of pyridine rings is 1. The molecular weight excluding hydrogens is 232 g/mol. The predicted octanol–water partition coefficient (Wildman–Crippen LogP) is 4.15. The van der Waals surface area contributed by atoms with E-state index in [1.54, 1.807) is 0 Å². The van der Waals surface area contributed by atoms with Crippen LogP contribution in [0.15, 0.2) is 73.1 Å². The molecule has 2 heterocycles. The van der Waals surface area contributed by atoms with Crippen molar-refractivity contribution in [1.82, 2.24) is 9.38 Å². The Morgan fingerprint density at radius 1 is 0.789 bits per heavy atom. The van der Waals surface area contributed by atoms with E-state index in [1.807, 2.05) is 18.2 Å². The van der Waals surface area contributed by atoms with Crippen LogP contribution in [0.4, 0.5) is 0 Å². The lowest BCUT2D eigenvalue weighted by molar-refractivity contribution is 1.20. The average Bonchev–Trinajstić information content (AvgIpc) is 2.93. The summed E-state index contributed by atoms with van der Waals surface area (Å²) in [5.74, 6) is 0. The zero-order valence-electron chi connectivity index (χ0n) is 10.3. The Bertz CT molecular complexity index is 860. The van der Waals surface area contributed by atoms with E-state index < -0.39 is 0 Å². The molecule has 2 heteroatoms. The van der Waals surface area contributed by atoms with Crippen molar-refractivity contribution in [3.05, 3.63) is 73.1 Å².